The molecule has 2 N–H and O–H groups in total. The first-order valence-electron chi connectivity index (χ1n) is 10.1. The Labute approximate surface area is 151 Å². The number of hydrogen-bond donors (Lipinski definition) is 2. The lowest BCUT2D eigenvalue weighted by Crippen LogP contribution is -2.50. The summed E-state index contributed by atoms with van der Waals surface area (Å²) in [5.74, 6) is 2.20. The van der Waals surface area contributed by atoms with E-state index in [9.17, 15) is 9.90 Å². The second kappa shape index (κ2) is 5.97. The van der Waals surface area contributed by atoms with E-state index in [-0.39, 0.29) is 28.6 Å². The van der Waals surface area contributed by atoms with Crippen molar-refractivity contribution >= 4 is 5.78 Å². The number of aliphatic hydroxyl groups excluding tert-OH is 2. The quantitative estimate of drug-likeness (QED) is 0.438. The maximum atomic E-state index is 12.5. The zero-order valence-electron chi connectivity index (χ0n) is 15.6. The lowest BCUT2D eigenvalue weighted by Gasteiger charge is -2.57. The van der Waals surface area contributed by atoms with Crippen molar-refractivity contribution in [1.29, 1.82) is 0 Å². The van der Waals surface area contributed by atoms with Crippen LogP contribution in [0, 0.1) is 34.5 Å². The number of aliphatic hydroxyl groups is 2. The predicted molar refractivity (Wildman–Crippen MR) is 98.0 cm³/mol. The van der Waals surface area contributed by atoms with Crippen LogP contribution in [0.4, 0.5) is 0 Å². The second-order valence-corrected chi connectivity index (χ2v) is 9.55. The van der Waals surface area contributed by atoms with E-state index in [1.807, 2.05) is 0 Å². The zero-order chi connectivity index (χ0) is 17.8. The molecule has 138 valence electrons. The molecule has 0 heterocycles. The van der Waals surface area contributed by atoms with Crippen LogP contribution in [0.1, 0.15) is 65.2 Å². The molecule has 3 saturated carbocycles. The molecule has 0 aromatic heterocycles. The molecule has 0 aromatic rings. The van der Waals surface area contributed by atoms with Crippen LogP contribution < -0.4 is 0 Å². The summed E-state index contributed by atoms with van der Waals surface area (Å²) in [7, 11) is 0. The van der Waals surface area contributed by atoms with Gasteiger partial charge in [0.15, 0.2) is 5.78 Å². The summed E-state index contributed by atoms with van der Waals surface area (Å²) in [5, 5.41) is 19.1. The van der Waals surface area contributed by atoms with E-state index in [4.69, 9.17) is 5.11 Å². The summed E-state index contributed by atoms with van der Waals surface area (Å²) in [6, 6.07) is 0. The van der Waals surface area contributed by atoms with Crippen LogP contribution >= 0.6 is 0 Å². The molecule has 3 nitrogen and oxygen atoms in total. The molecule has 0 spiro atoms. The molecule has 4 rings (SSSR count). The Kier molecular flexibility index (Phi) is 4.14. The van der Waals surface area contributed by atoms with Crippen LogP contribution in [0.25, 0.3) is 0 Å². The highest BCUT2D eigenvalue weighted by Crippen LogP contribution is 2.66. The summed E-state index contributed by atoms with van der Waals surface area (Å²) < 4.78 is 0. The van der Waals surface area contributed by atoms with Gasteiger partial charge in [0.25, 0.3) is 0 Å². The maximum Gasteiger partial charge on any atom is 0.162 e. The highest BCUT2D eigenvalue weighted by molar-refractivity contribution is 5.92. The van der Waals surface area contributed by atoms with Crippen molar-refractivity contribution in [1.82, 2.24) is 0 Å². The van der Waals surface area contributed by atoms with E-state index in [0.29, 0.717) is 17.8 Å². The predicted octanol–water partition coefficient (Wildman–Crippen LogP) is 4.57. The van der Waals surface area contributed by atoms with Gasteiger partial charge in [-0.05, 0) is 80.0 Å². The minimum Gasteiger partial charge on any atom is -0.515 e. The average molecular weight is 344 g/mol. The van der Waals surface area contributed by atoms with Gasteiger partial charge in [0.2, 0.25) is 0 Å². The molecule has 0 saturated heterocycles. The number of rotatable bonds is 2. The highest BCUT2D eigenvalue weighted by Gasteiger charge is 2.59. The van der Waals surface area contributed by atoms with E-state index in [2.05, 4.69) is 19.9 Å². The molecule has 7 atom stereocenters. The van der Waals surface area contributed by atoms with Crippen LogP contribution in [0.3, 0.4) is 0 Å². The monoisotopic (exact) mass is 344 g/mol. The number of carbonyl (C=O) groups is 1. The van der Waals surface area contributed by atoms with Gasteiger partial charge in [0.1, 0.15) is 0 Å². The molecule has 0 amide bonds. The third-order valence-corrected chi connectivity index (χ3v) is 8.66. The fourth-order valence-corrected chi connectivity index (χ4v) is 7.30. The molecule has 4 aliphatic rings. The number of ketones is 1. The minimum atomic E-state index is -0.150. The number of hydrogen-bond acceptors (Lipinski definition) is 3. The van der Waals surface area contributed by atoms with E-state index >= 15 is 0 Å². The third kappa shape index (κ3) is 2.45. The Morgan fingerprint density at radius 3 is 2.72 bits per heavy atom. The molecule has 0 bridgehead atoms. The van der Waals surface area contributed by atoms with E-state index in [0.717, 1.165) is 51.2 Å². The largest absolute Gasteiger partial charge is 0.515 e. The van der Waals surface area contributed by atoms with Gasteiger partial charge >= 0.3 is 0 Å². The average Bonchev–Trinajstić information content (AvgIpc) is 2.93. The van der Waals surface area contributed by atoms with Gasteiger partial charge in [-0.3, -0.25) is 4.79 Å². The fourth-order valence-electron chi connectivity index (χ4n) is 7.30. The van der Waals surface area contributed by atoms with Gasteiger partial charge in [-0.2, -0.15) is 0 Å². The number of allylic oxidation sites excluding steroid dienone is 2. The Hall–Kier alpha value is -1.09. The first-order chi connectivity index (χ1) is 11.9. The van der Waals surface area contributed by atoms with Crippen LogP contribution in [-0.2, 0) is 4.79 Å². The summed E-state index contributed by atoms with van der Waals surface area (Å²) in [6.07, 6.45) is 13.1. The molecule has 7 unspecified atom stereocenters. The molecule has 3 heteroatoms. The van der Waals surface area contributed by atoms with Crippen LogP contribution in [0.5, 0.6) is 0 Å². The van der Waals surface area contributed by atoms with Crippen molar-refractivity contribution < 1.29 is 15.0 Å². The first-order valence-corrected chi connectivity index (χ1v) is 10.1. The SMILES string of the molecule is CC12CCC(O)CC1=CCC1C2CCC2(C)C(C(=O)/C=C/O)CCC12. The van der Waals surface area contributed by atoms with Crippen LogP contribution in [0.2, 0.25) is 0 Å². The smallest absolute Gasteiger partial charge is 0.162 e. The maximum absolute atomic E-state index is 12.5. The highest BCUT2D eigenvalue weighted by atomic mass is 16.3. The molecule has 25 heavy (non-hydrogen) atoms. The van der Waals surface area contributed by atoms with Gasteiger partial charge < -0.3 is 10.2 Å². The molecular weight excluding hydrogens is 312 g/mol. The van der Waals surface area contributed by atoms with Gasteiger partial charge in [-0.1, -0.05) is 25.5 Å². The van der Waals surface area contributed by atoms with Crippen molar-refractivity contribution in [2.45, 2.75) is 71.3 Å². The third-order valence-electron chi connectivity index (χ3n) is 8.66. The first kappa shape index (κ1) is 17.3. The van der Waals surface area contributed by atoms with Crippen molar-refractivity contribution in [3.8, 4) is 0 Å². The Bertz CT molecular complexity index is 621. The topological polar surface area (TPSA) is 57.5 Å². The summed E-state index contributed by atoms with van der Waals surface area (Å²) in [6.45, 7) is 4.77. The number of carbonyl (C=O) groups excluding carboxylic acids is 1. The van der Waals surface area contributed by atoms with E-state index in [1.54, 1.807) is 0 Å². The molecule has 3 fully saturated rings. The summed E-state index contributed by atoms with van der Waals surface area (Å²) in [4.78, 5) is 12.5. The minimum absolute atomic E-state index is 0.0770. The Morgan fingerprint density at radius 2 is 1.96 bits per heavy atom. The molecule has 4 aliphatic carbocycles. The molecular formula is C22H32O3. The fraction of sp³-hybridized carbons (Fsp3) is 0.773. The molecule has 0 aromatic carbocycles. The van der Waals surface area contributed by atoms with Crippen molar-refractivity contribution in [3.05, 3.63) is 24.0 Å². The normalized spacial score (nSPS) is 49.2. The van der Waals surface area contributed by atoms with Crippen molar-refractivity contribution in [2.24, 2.45) is 34.5 Å². The summed E-state index contributed by atoms with van der Waals surface area (Å²) >= 11 is 0. The Morgan fingerprint density at radius 1 is 1.16 bits per heavy atom. The second-order valence-electron chi connectivity index (χ2n) is 9.55. The number of fused-ring (bicyclic) bond motifs is 5. The molecule has 0 aliphatic heterocycles. The Balaban J connectivity index is 1.63. The van der Waals surface area contributed by atoms with Gasteiger partial charge in [-0.15, -0.1) is 0 Å². The van der Waals surface area contributed by atoms with E-state index in [1.165, 1.54) is 18.1 Å². The lowest BCUT2D eigenvalue weighted by atomic mass is 9.47. The van der Waals surface area contributed by atoms with Crippen LogP contribution in [-0.4, -0.2) is 22.1 Å². The molecule has 0 radical (unpaired) electrons. The van der Waals surface area contributed by atoms with Gasteiger partial charge in [0, 0.05) is 12.0 Å². The van der Waals surface area contributed by atoms with Crippen LogP contribution in [0.15, 0.2) is 24.0 Å². The lowest BCUT2D eigenvalue weighted by molar-refractivity contribution is -0.125. The van der Waals surface area contributed by atoms with Gasteiger partial charge in [-0.25, -0.2) is 0 Å². The van der Waals surface area contributed by atoms with Crippen molar-refractivity contribution in [3.63, 3.8) is 0 Å². The van der Waals surface area contributed by atoms with E-state index < -0.39 is 0 Å². The summed E-state index contributed by atoms with van der Waals surface area (Å²) in [5.41, 5.74) is 1.86. The zero-order valence-corrected chi connectivity index (χ0v) is 15.6. The van der Waals surface area contributed by atoms with Gasteiger partial charge in [0.05, 0.1) is 12.4 Å². The standard InChI is InChI=1S/C22H32O3/c1-21-10-7-15(24)13-14(21)3-4-16-17-5-6-19(20(25)9-12-23)22(17,2)11-8-18(16)21/h3,9,12,15-19,23-24H,4-8,10-11,13H2,1-2H3/b12-9+. The van der Waals surface area contributed by atoms with Crippen molar-refractivity contribution in [2.75, 3.05) is 0 Å².